The molecule has 0 atom stereocenters. The summed E-state index contributed by atoms with van der Waals surface area (Å²) in [5, 5.41) is 7.54. The fraction of sp³-hybridized carbons (Fsp3) is 0.250. The number of para-hydroxylation sites is 1. The van der Waals surface area contributed by atoms with Crippen LogP contribution in [0.15, 0.2) is 62.3 Å². The van der Waals surface area contributed by atoms with Gasteiger partial charge in [0.15, 0.2) is 10.9 Å². The van der Waals surface area contributed by atoms with E-state index in [0.717, 1.165) is 21.8 Å². The van der Waals surface area contributed by atoms with Crippen LogP contribution in [0.4, 0.5) is 0 Å². The summed E-state index contributed by atoms with van der Waals surface area (Å²) in [5.74, 6) is 1.71. The average molecular weight is 398 g/mol. The molecule has 0 saturated carbocycles. The lowest BCUT2D eigenvalue weighted by Crippen LogP contribution is -2.25. The Morgan fingerprint density at radius 1 is 1.22 bits per heavy atom. The van der Waals surface area contributed by atoms with Crippen molar-refractivity contribution in [2.24, 2.45) is 5.92 Å². The summed E-state index contributed by atoms with van der Waals surface area (Å²) in [6.07, 6.45) is 0. The smallest absolute Gasteiger partial charge is 0.262 e. The maximum Gasteiger partial charge on any atom is 0.262 e. The van der Waals surface area contributed by atoms with Gasteiger partial charge in [0.2, 0.25) is 0 Å². The first kappa shape index (κ1) is 18.0. The maximum atomic E-state index is 12.9. The third-order valence-corrected chi connectivity index (χ3v) is 5.94. The van der Waals surface area contributed by atoms with Crippen molar-refractivity contribution in [2.45, 2.75) is 31.3 Å². The van der Waals surface area contributed by atoms with Crippen LogP contribution in [0.1, 0.15) is 19.5 Å². The molecule has 7 heteroatoms. The first-order valence-corrected chi connectivity index (χ1v) is 10.6. The van der Waals surface area contributed by atoms with Crippen LogP contribution < -0.4 is 5.56 Å². The Morgan fingerprint density at radius 3 is 2.85 bits per heavy atom. The molecule has 4 aromatic rings. The number of rotatable bonds is 6. The summed E-state index contributed by atoms with van der Waals surface area (Å²) >= 11 is 3.13. The summed E-state index contributed by atoms with van der Waals surface area (Å²) < 4.78 is 7.22. The van der Waals surface area contributed by atoms with Crippen LogP contribution >= 0.6 is 23.1 Å². The minimum Gasteiger partial charge on any atom is -0.355 e. The monoisotopic (exact) mass is 397 g/mol. The van der Waals surface area contributed by atoms with Gasteiger partial charge in [0.1, 0.15) is 0 Å². The van der Waals surface area contributed by atoms with Gasteiger partial charge < -0.3 is 4.52 Å². The molecule has 1 aromatic carbocycles. The summed E-state index contributed by atoms with van der Waals surface area (Å²) in [5.41, 5.74) is 1.57. The highest BCUT2D eigenvalue weighted by atomic mass is 32.2. The lowest BCUT2D eigenvalue weighted by molar-refractivity contribution is 0.427. The number of hydrogen-bond acceptors (Lipinski definition) is 6. The molecule has 0 radical (unpaired) electrons. The van der Waals surface area contributed by atoms with Gasteiger partial charge in [-0.3, -0.25) is 9.36 Å². The summed E-state index contributed by atoms with van der Waals surface area (Å²) in [4.78, 5) is 18.7. The van der Waals surface area contributed by atoms with Gasteiger partial charge in [-0.2, -0.15) is 0 Å². The van der Waals surface area contributed by atoms with Crippen molar-refractivity contribution in [3.63, 3.8) is 0 Å². The van der Waals surface area contributed by atoms with E-state index in [2.05, 4.69) is 19.0 Å². The molecule has 0 fully saturated rings. The Kier molecular flexibility index (Phi) is 5.13. The molecule has 4 rings (SSSR count). The number of hydrogen-bond donors (Lipinski definition) is 0. The second-order valence-corrected chi connectivity index (χ2v) is 8.56. The van der Waals surface area contributed by atoms with E-state index < -0.39 is 0 Å². The predicted molar refractivity (Wildman–Crippen MR) is 110 cm³/mol. The second kappa shape index (κ2) is 7.70. The minimum absolute atomic E-state index is 0.0104. The van der Waals surface area contributed by atoms with E-state index in [-0.39, 0.29) is 5.56 Å². The number of fused-ring (bicyclic) bond motifs is 1. The van der Waals surface area contributed by atoms with Gasteiger partial charge in [-0.25, -0.2) is 4.98 Å². The zero-order valence-corrected chi connectivity index (χ0v) is 16.7. The van der Waals surface area contributed by atoms with E-state index in [9.17, 15) is 4.79 Å². The Hall–Kier alpha value is -2.38. The molecular formula is C20H19N3O2S2. The molecule has 3 aromatic heterocycles. The van der Waals surface area contributed by atoms with Crippen LogP contribution in [0.5, 0.6) is 0 Å². The predicted octanol–water partition coefficient (Wildman–Crippen LogP) is 5.06. The number of nitrogens with zero attached hydrogens (tertiary/aromatic N) is 3. The van der Waals surface area contributed by atoms with Gasteiger partial charge in [-0.05, 0) is 29.5 Å². The van der Waals surface area contributed by atoms with E-state index >= 15 is 0 Å². The Bertz CT molecular complexity index is 1110. The van der Waals surface area contributed by atoms with E-state index in [0.29, 0.717) is 28.8 Å². The highest BCUT2D eigenvalue weighted by Gasteiger charge is 2.14. The Morgan fingerprint density at radius 2 is 2.07 bits per heavy atom. The molecule has 0 unspecified atom stereocenters. The molecule has 3 heterocycles. The van der Waals surface area contributed by atoms with Gasteiger partial charge in [0, 0.05) is 18.4 Å². The van der Waals surface area contributed by atoms with Gasteiger partial charge in [0.25, 0.3) is 5.56 Å². The van der Waals surface area contributed by atoms with E-state index in [4.69, 9.17) is 9.51 Å². The molecule has 0 bridgehead atoms. The molecule has 0 aliphatic rings. The zero-order chi connectivity index (χ0) is 18.8. The summed E-state index contributed by atoms with van der Waals surface area (Å²) in [6, 6.07) is 13.4. The van der Waals surface area contributed by atoms with Gasteiger partial charge in [0.05, 0.1) is 21.5 Å². The molecule has 27 heavy (non-hydrogen) atoms. The van der Waals surface area contributed by atoms with Crippen LogP contribution in [-0.2, 0) is 12.3 Å². The highest BCUT2D eigenvalue weighted by Crippen LogP contribution is 2.28. The number of aromatic nitrogens is 3. The molecule has 0 aliphatic heterocycles. The average Bonchev–Trinajstić information content (AvgIpc) is 3.33. The normalized spacial score (nSPS) is 11.5. The largest absolute Gasteiger partial charge is 0.355 e. The summed E-state index contributed by atoms with van der Waals surface area (Å²) in [7, 11) is 0. The standard InChI is InChI=1S/C20H19N3O2S2/c1-13(2)11-23-19(24)15-6-3-4-7-16(15)21-20(23)27-12-14-10-17(25-22-14)18-8-5-9-26-18/h3-10,13H,11-12H2,1-2H3. The van der Waals surface area contributed by atoms with Crippen LogP contribution in [0.25, 0.3) is 21.5 Å². The van der Waals surface area contributed by atoms with Crippen LogP contribution in [-0.4, -0.2) is 14.7 Å². The van der Waals surface area contributed by atoms with Crippen molar-refractivity contribution in [3.05, 3.63) is 63.9 Å². The van der Waals surface area contributed by atoms with Crippen LogP contribution in [0.3, 0.4) is 0 Å². The topological polar surface area (TPSA) is 60.9 Å². The SMILES string of the molecule is CC(C)Cn1c(SCc2cc(-c3cccs3)on2)nc2ccccc2c1=O. The highest BCUT2D eigenvalue weighted by molar-refractivity contribution is 7.98. The molecule has 0 aliphatic carbocycles. The van der Waals surface area contributed by atoms with Gasteiger partial charge in [-0.15, -0.1) is 11.3 Å². The van der Waals surface area contributed by atoms with Gasteiger partial charge in [-0.1, -0.05) is 49.0 Å². The van der Waals surface area contributed by atoms with Crippen molar-refractivity contribution < 1.29 is 4.52 Å². The van der Waals surface area contributed by atoms with E-state index in [1.54, 1.807) is 15.9 Å². The molecule has 5 nitrogen and oxygen atoms in total. The Balaban J connectivity index is 1.64. The molecular weight excluding hydrogens is 378 g/mol. The zero-order valence-electron chi connectivity index (χ0n) is 15.1. The number of thiophene rings is 1. The van der Waals surface area contributed by atoms with Crippen LogP contribution in [0, 0.1) is 5.92 Å². The molecule has 0 amide bonds. The Labute approximate surface area is 165 Å². The van der Waals surface area contributed by atoms with Crippen molar-refractivity contribution in [1.82, 2.24) is 14.7 Å². The van der Waals surface area contributed by atoms with Crippen molar-refractivity contribution in [2.75, 3.05) is 0 Å². The number of benzene rings is 1. The van der Waals surface area contributed by atoms with Crippen LogP contribution in [0.2, 0.25) is 0 Å². The fourth-order valence-corrected chi connectivity index (χ4v) is 4.40. The molecule has 0 saturated heterocycles. The number of thioether (sulfide) groups is 1. The third kappa shape index (κ3) is 3.84. The van der Waals surface area contributed by atoms with Crippen molar-refractivity contribution in [3.8, 4) is 10.6 Å². The first-order chi connectivity index (χ1) is 13.1. The third-order valence-electron chi connectivity index (χ3n) is 4.05. The molecule has 138 valence electrons. The lowest BCUT2D eigenvalue weighted by atomic mass is 10.2. The quantitative estimate of drug-likeness (QED) is 0.336. The lowest BCUT2D eigenvalue weighted by Gasteiger charge is -2.14. The molecule has 0 spiro atoms. The van der Waals surface area contributed by atoms with E-state index in [1.807, 2.05) is 47.8 Å². The minimum atomic E-state index is 0.0104. The first-order valence-electron chi connectivity index (χ1n) is 8.73. The van der Waals surface area contributed by atoms with Gasteiger partial charge >= 0.3 is 0 Å². The maximum absolute atomic E-state index is 12.9. The fourth-order valence-electron chi connectivity index (χ4n) is 2.84. The second-order valence-electron chi connectivity index (χ2n) is 6.67. The summed E-state index contributed by atoms with van der Waals surface area (Å²) in [6.45, 7) is 4.83. The molecule has 0 N–H and O–H groups in total. The van der Waals surface area contributed by atoms with Crippen molar-refractivity contribution in [1.29, 1.82) is 0 Å². The van der Waals surface area contributed by atoms with Crippen molar-refractivity contribution >= 4 is 34.0 Å². The van der Waals surface area contributed by atoms with E-state index in [1.165, 1.54) is 11.8 Å².